The Bertz CT molecular complexity index is 1090. The van der Waals surface area contributed by atoms with Gasteiger partial charge < -0.3 is 14.8 Å². The second-order valence-electron chi connectivity index (χ2n) is 6.52. The van der Waals surface area contributed by atoms with Gasteiger partial charge in [-0.15, -0.1) is 5.10 Å². The van der Waals surface area contributed by atoms with Crippen molar-refractivity contribution in [1.82, 2.24) is 20.3 Å². The summed E-state index contributed by atoms with van der Waals surface area (Å²) >= 11 is 0. The van der Waals surface area contributed by atoms with Gasteiger partial charge in [-0.05, 0) is 32.0 Å². The van der Waals surface area contributed by atoms with Gasteiger partial charge in [0.25, 0.3) is 11.6 Å². The van der Waals surface area contributed by atoms with Crippen molar-refractivity contribution in [2.24, 2.45) is 0 Å². The van der Waals surface area contributed by atoms with E-state index in [-0.39, 0.29) is 17.4 Å². The number of ether oxygens (including phenoxy) is 2. The number of carbonyl (C=O) groups is 1. The number of nitrogens with one attached hydrogen (secondary N) is 1. The molecule has 0 saturated heterocycles. The van der Waals surface area contributed by atoms with E-state index in [0.717, 1.165) is 5.56 Å². The van der Waals surface area contributed by atoms with E-state index in [1.165, 1.54) is 16.8 Å². The number of non-ortho nitro benzene ring substituents is 1. The summed E-state index contributed by atoms with van der Waals surface area (Å²) in [5.41, 5.74) is 1.73. The molecule has 156 valence electrons. The van der Waals surface area contributed by atoms with E-state index in [2.05, 4.69) is 15.6 Å². The standard InChI is InChI=1S/C20H21N5O5/c1-12(17-9-8-16(29-3)11-18(17)30-4)21-20(26)19-13(2)24(23-22-19)14-6-5-7-15(10-14)25(27)28/h5-12H,1-4H3,(H,21,26). The Morgan fingerprint density at radius 1 is 1.20 bits per heavy atom. The monoisotopic (exact) mass is 411 g/mol. The minimum atomic E-state index is -0.493. The normalized spacial score (nSPS) is 11.6. The number of benzene rings is 2. The fourth-order valence-corrected chi connectivity index (χ4v) is 3.04. The Labute approximate surface area is 172 Å². The van der Waals surface area contributed by atoms with E-state index in [4.69, 9.17) is 9.47 Å². The van der Waals surface area contributed by atoms with Crippen LogP contribution in [0.4, 0.5) is 5.69 Å². The Morgan fingerprint density at radius 2 is 1.97 bits per heavy atom. The zero-order valence-electron chi connectivity index (χ0n) is 16.9. The number of rotatable bonds is 7. The second kappa shape index (κ2) is 8.60. The lowest BCUT2D eigenvalue weighted by atomic mass is 10.1. The smallest absolute Gasteiger partial charge is 0.274 e. The van der Waals surface area contributed by atoms with Crippen molar-refractivity contribution < 1.29 is 19.2 Å². The maximum absolute atomic E-state index is 12.8. The first-order valence-electron chi connectivity index (χ1n) is 9.05. The van der Waals surface area contributed by atoms with Crippen molar-refractivity contribution in [1.29, 1.82) is 0 Å². The first-order chi connectivity index (χ1) is 14.3. The molecule has 0 aliphatic heterocycles. The molecule has 10 heteroatoms. The number of nitrogens with zero attached hydrogens (tertiary/aromatic N) is 4. The zero-order chi connectivity index (χ0) is 21.8. The van der Waals surface area contributed by atoms with E-state index in [9.17, 15) is 14.9 Å². The number of aromatic nitrogens is 3. The summed E-state index contributed by atoms with van der Waals surface area (Å²) in [7, 11) is 3.11. The van der Waals surface area contributed by atoms with Crippen molar-refractivity contribution in [3.63, 3.8) is 0 Å². The molecule has 1 atom stereocenters. The summed E-state index contributed by atoms with van der Waals surface area (Å²) in [4.78, 5) is 23.3. The summed E-state index contributed by atoms with van der Waals surface area (Å²) in [6.45, 7) is 3.49. The predicted molar refractivity (Wildman–Crippen MR) is 108 cm³/mol. The molecule has 0 saturated carbocycles. The van der Waals surface area contributed by atoms with Crippen LogP contribution in [0.25, 0.3) is 5.69 Å². The average Bonchev–Trinajstić information content (AvgIpc) is 3.14. The van der Waals surface area contributed by atoms with Crippen LogP contribution >= 0.6 is 0 Å². The Balaban J connectivity index is 1.83. The largest absolute Gasteiger partial charge is 0.497 e. The Hall–Kier alpha value is -3.95. The van der Waals surface area contributed by atoms with Gasteiger partial charge in [-0.3, -0.25) is 14.9 Å². The highest BCUT2D eigenvalue weighted by atomic mass is 16.6. The molecule has 30 heavy (non-hydrogen) atoms. The SMILES string of the molecule is COc1ccc(C(C)NC(=O)c2nnn(-c3cccc([N+](=O)[O-])c3)c2C)c(OC)c1. The average molecular weight is 411 g/mol. The molecule has 1 aromatic heterocycles. The zero-order valence-corrected chi connectivity index (χ0v) is 16.9. The van der Waals surface area contributed by atoms with Crippen LogP contribution in [0.2, 0.25) is 0 Å². The highest BCUT2D eigenvalue weighted by molar-refractivity contribution is 5.93. The molecule has 1 unspecified atom stereocenters. The van der Waals surface area contributed by atoms with Gasteiger partial charge in [0.15, 0.2) is 5.69 Å². The summed E-state index contributed by atoms with van der Waals surface area (Å²) < 4.78 is 12.0. The van der Waals surface area contributed by atoms with E-state index >= 15 is 0 Å². The van der Waals surface area contributed by atoms with Gasteiger partial charge in [0.05, 0.1) is 36.6 Å². The summed E-state index contributed by atoms with van der Waals surface area (Å²) in [6.07, 6.45) is 0. The molecule has 0 aliphatic rings. The number of amides is 1. The highest BCUT2D eigenvalue weighted by Crippen LogP contribution is 2.29. The number of hydrogen-bond donors (Lipinski definition) is 1. The van der Waals surface area contributed by atoms with E-state index in [1.54, 1.807) is 45.4 Å². The van der Waals surface area contributed by atoms with E-state index in [0.29, 0.717) is 22.9 Å². The third kappa shape index (κ3) is 4.07. The van der Waals surface area contributed by atoms with Gasteiger partial charge in [-0.25, -0.2) is 4.68 Å². The number of hydrogen-bond acceptors (Lipinski definition) is 7. The van der Waals surface area contributed by atoms with Crippen LogP contribution in [-0.4, -0.2) is 40.0 Å². The van der Waals surface area contributed by atoms with Crippen LogP contribution in [-0.2, 0) is 0 Å². The van der Waals surface area contributed by atoms with Crippen molar-refractivity contribution in [2.75, 3.05) is 14.2 Å². The van der Waals surface area contributed by atoms with Crippen LogP contribution in [0.5, 0.6) is 11.5 Å². The molecule has 0 bridgehead atoms. The molecule has 1 amide bonds. The van der Waals surface area contributed by atoms with Crippen LogP contribution < -0.4 is 14.8 Å². The van der Waals surface area contributed by atoms with Gasteiger partial charge in [0.1, 0.15) is 11.5 Å². The molecule has 0 fully saturated rings. The van der Waals surface area contributed by atoms with Crippen LogP contribution in [0.3, 0.4) is 0 Å². The van der Waals surface area contributed by atoms with Crippen molar-refractivity contribution in [3.05, 3.63) is 69.5 Å². The molecule has 3 rings (SSSR count). The molecular weight excluding hydrogens is 390 g/mol. The molecule has 0 spiro atoms. The first-order valence-corrected chi connectivity index (χ1v) is 9.05. The van der Waals surface area contributed by atoms with Gasteiger partial charge in [0, 0.05) is 23.8 Å². The number of nitro benzene ring substituents is 1. The topological polar surface area (TPSA) is 121 Å². The summed E-state index contributed by atoms with van der Waals surface area (Å²) in [5, 5.41) is 21.8. The number of methoxy groups -OCH3 is 2. The molecular formula is C20H21N5O5. The van der Waals surface area contributed by atoms with E-state index < -0.39 is 10.8 Å². The van der Waals surface area contributed by atoms with Crippen molar-refractivity contribution in [2.45, 2.75) is 19.9 Å². The molecule has 0 radical (unpaired) electrons. The Kier molecular flexibility index (Phi) is 5.95. The third-order valence-corrected chi connectivity index (χ3v) is 4.65. The van der Waals surface area contributed by atoms with Crippen LogP contribution in [0.1, 0.15) is 34.7 Å². The molecule has 0 aliphatic carbocycles. The molecule has 1 heterocycles. The van der Waals surface area contributed by atoms with Gasteiger partial charge in [-0.2, -0.15) is 0 Å². The minimum Gasteiger partial charge on any atom is -0.497 e. The first kappa shape index (κ1) is 20.8. The Morgan fingerprint density at radius 3 is 2.63 bits per heavy atom. The minimum absolute atomic E-state index is 0.0753. The quantitative estimate of drug-likeness (QED) is 0.468. The van der Waals surface area contributed by atoms with Crippen LogP contribution in [0.15, 0.2) is 42.5 Å². The summed E-state index contributed by atoms with van der Waals surface area (Å²) in [5.74, 6) is 0.804. The second-order valence-corrected chi connectivity index (χ2v) is 6.52. The molecule has 10 nitrogen and oxygen atoms in total. The maximum atomic E-state index is 12.8. The third-order valence-electron chi connectivity index (χ3n) is 4.65. The van der Waals surface area contributed by atoms with Crippen molar-refractivity contribution in [3.8, 4) is 17.2 Å². The highest BCUT2D eigenvalue weighted by Gasteiger charge is 2.22. The lowest BCUT2D eigenvalue weighted by Gasteiger charge is -2.17. The van der Waals surface area contributed by atoms with Gasteiger partial charge in [0.2, 0.25) is 0 Å². The van der Waals surface area contributed by atoms with E-state index in [1.807, 2.05) is 13.0 Å². The lowest BCUT2D eigenvalue weighted by molar-refractivity contribution is -0.384. The van der Waals surface area contributed by atoms with Gasteiger partial charge in [-0.1, -0.05) is 11.3 Å². The maximum Gasteiger partial charge on any atom is 0.274 e. The number of nitro groups is 1. The molecule has 1 N–H and O–H groups in total. The fourth-order valence-electron chi connectivity index (χ4n) is 3.04. The molecule has 3 aromatic rings. The van der Waals surface area contributed by atoms with Crippen molar-refractivity contribution >= 4 is 11.6 Å². The predicted octanol–water partition coefficient (Wildman–Crippen LogP) is 2.99. The summed E-state index contributed by atoms with van der Waals surface area (Å²) in [6, 6.07) is 10.9. The lowest BCUT2D eigenvalue weighted by Crippen LogP contribution is -2.28. The molecule has 2 aromatic carbocycles. The van der Waals surface area contributed by atoms with Gasteiger partial charge >= 0.3 is 0 Å². The number of carbonyl (C=O) groups excluding carboxylic acids is 1. The fraction of sp³-hybridized carbons (Fsp3) is 0.250. The van der Waals surface area contributed by atoms with Crippen LogP contribution in [0, 0.1) is 17.0 Å².